The number of rotatable bonds is 6. The molecule has 0 fully saturated rings. The predicted molar refractivity (Wildman–Crippen MR) is 87.1 cm³/mol. The smallest absolute Gasteiger partial charge is 0.278 e. The van der Waals surface area contributed by atoms with Crippen molar-refractivity contribution in [3.63, 3.8) is 0 Å². The number of benzene rings is 2. The minimum Gasteiger partial charge on any atom is -0.508 e. The lowest BCUT2D eigenvalue weighted by Gasteiger charge is -2.06. The van der Waals surface area contributed by atoms with E-state index in [1.165, 1.54) is 6.07 Å². The van der Waals surface area contributed by atoms with Crippen LogP contribution in [0.4, 0.5) is 5.69 Å². The molecule has 126 valence electrons. The molecule has 2 aromatic carbocycles. The molecule has 0 bridgehead atoms. The van der Waals surface area contributed by atoms with Crippen LogP contribution in [0.3, 0.4) is 0 Å². The van der Waals surface area contributed by atoms with Crippen molar-refractivity contribution in [2.45, 2.75) is 0 Å². The van der Waals surface area contributed by atoms with E-state index in [1.807, 2.05) is 6.07 Å². The summed E-state index contributed by atoms with van der Waals surface area (Å²) in [5.74, 6) is -0.533. The van der Waals surface area contributed by atoms with Gasteiger partial charge in [-0.2, -0.15) is 10.4 Å². The van der Waals surface area contributed by atoms with Crippen molar-refractivity contribution in [3.8, 4) is 17.6 Å². The largest absolute Gasteiger partial charge is 0.508 e. The Morgan fingerprint density at radius 2 is 2.16 bits per heavy atom. The highest BCUT2D eigenvalue weighted by Crippen LogP contribution is 2.21. The van der Waals surface area contributed by atoms with Crippen molar-refractivity contribution in [2.24, 2.45) is 5.10 Å². The van der Waals surface area contributed by atoms with Gasteiger partial charge in [0.1, 0.15) is 17.6 Å². The number of hydrogen-bond acceptors (Lipinski definition) is 7. The summed E-state index contributed by atoms with van der Waals surface area (Å²) in [6.07, 6.45) is 1.04. The van der Waals surface area contributed by atoms with Crippen LogP contribution in [0.1, 0.15) is 11.1 Å². The summed E-state index contributed by atoms with van der Waals surface area (Å²) >= 11 is 0. The van der Waals surface area contributed by atoms with Crippen LogP contribution < -0.4 is 10.2 Å². The summed E-state index contributed by atoms with van der Waals surface area (Å²) in [5.41, 5.74) is 2.19. The van der Waals surface area contributed by atoms with Gasteiger partial charge in [0.25, 0.3) is 11.6 Å². The predicted octanol–water partition coefficient (Wildman–Crippen LogP) is 1.70. The van der Waals surface area contributed by atoms with Crippen molar-refractivity contribution in [3.05, 3.63) is 63.7 Å². The number of hydrazone groups is 1. The molecule has 0 spiro atoms. The molecule has 9 heteroatoms. The molecule has 1 amide bonds. The van der Waals surface area contributed by atoms with Crippen LogP contribution >= 0.6 is 0 Å². The number of nitrogens with one attached hydrogen (secondary N) is 1. The maximum absolute atomic E-state index is 11.7. The number of nitro benzene ring substituents is 1. The molecular formula is C16H12N4O5. The molecule has 0 unspecified atom stereocenters. The number of ether oxygens (including phenoxy) is 1. The lowest BCUT2D eigenvalue weighted by molar-refractivity contribution is -0.385. The number of nitriles is 1. The maximum atomic E-state index is 11.7. The normalized spacial score (nSPS) is 10.2. The molecular weight excluding hydrogens is 328 g/mol. The van der Waals surface area contributed by atoms with Gasteiger partial charge >= 0.3 is 0 Å². The number of nitrogens with zero attached hydrogens (tertiary/aromatic N) is 3. The van der Waals surface area contributed by atoms with Crippen LogP contribution in [-0.2, 0) is 4.79 Å². The van der Waals surface area contributed by atoms with Crippen molar-refractivity contribution in [2.75, 3.05) is 6.61 Å². The van der Waals surface area contributed by atoms with Gasteiger partial charge in [-0.25, -0.2) is 5.43 Å². The first-order valence-corrected chi connectivity index (χ1v) is 6.92. The molecule has 2 rings (SSSR count). The number of hydrogen-bond donors (Lipinski definition) is 2. The Labute approximate surface area is 141 Å². The van der Waals surface area contributed by atoms with Gasteiger partial charge in [0.15, 0.2) is 6.61 Å². The molecule has 2 N–H and O–H groups in total. The minimum absolute atomic E-state index is 0.0287. The zero-order chi connectivity index (χ0) is 18.2. The fourth-order valence-electron chi connectivity index (χ4n) is 1.85. The standard InChI is InChI=1S/C16H12N4O5/c17-8-11-3-1-2-4-15(11)25-10-16(22)19-18-9-12-7-13(21)5-6-14(12)20(23)24/h1-7,9,21H,10H2,(H,19,22)/b18-9-. The van der Waals surface area contributed by atoms with E-state index in [9.17, 15) is 20.0 Å². The third-order valence-corrected chi connectivity index (χ3v) is 2.97. The quantitative estimate of drug-likeness (QED) is 0.466. The molecule has 0 aliphatic carbocycles. The highest BCUT2D eigenvalue weighted by molar-refractivity contribution is 5.87. The first-order valence-electron chi connectivity index (χ1n) is 6.92. The second-order valence-electron chi connectivity index (χ2n) is 4.69. The van der Waals surface area contributed by atoms with E-state index in [1.54, 1.807) is 24.3 Å². The van der Waals surface area contributed by atoms with E-state index in [-0.39, 0.29) is 28.3 Å². The zero-order valence-electron chi connectivity index (χ0n) is 12.7. The number of nitro groups is 1. The van der Waals surface area contributed by atoms with Gasteiger partial charge in [0, 0.05) is 6.07 Å². The molecule has 0 heterocycles. The van der Waals surface area contributed by atoms with E-state index in [4.69, 9.17) is 10.00 Å². The number of phenolic OH excluding ortho intramolecular Hbond substituents is 1. The number of phenols is 1. The van der Waals surface area contributed by atoms with Gasteiger partial charge in [-0.15, -0.1) is 0 Å². The summed E-state index contributed by atoms with van der Waals surface area (Å²) in [6.45, 7) is -0.391. The fraction of sp³-hybridized carbons (Fsp3) is 0.0625. The van der Waals surface area contributed by atoms with Crippen LogP contribution in [0.5, 0.6) is 11.5 Å². The van der Waals surface area contributed by atoms with Crippen LogP contribution in [0.2, 0.25) is 0 Å². The topological polar surface area (TPSA) is 138 Å². The van der Waals surface area contributed by atoms with Gasteiger partial charge < -0.3 is 9.84 Å². The lowest BCUT2D eigenvalue weighted by atomic mass is 10.2. The SMILES string of the molecule is N#Cc1ccccc1OCC(=O)N/N=C\c1cc(O)ccc1[N+](=O)[O-]. The number of aromatic hydroxyl groups is 1. The maximum Gasteiger partial charge on any atom is 0.278 e. The monoisotopic (exact) mass is 340 g/mol. The fourth-order valence-corrected chi connectivity index (χ4v) is 1.85. The Morgan fingerprint density at radius 3 is 2.88 bits per heavy atom. The summed E-state index contributed by atoms with van der Waals surface area (Å²) in [6, 6.07) is 11.8. The molecule has 25 heavy (non-hydrogen) atoms. The van der Waals surface area contributed by atoms with Gasteiger partial charge in [0.05, 0.1) is 22.3 Å². The second kappa shape index (κ2) is 8.07. The second-order valence-corrected chi connectivity index (χ2v) is 4.69. The number of amides is 1. The first kappa shape index (κ1) is 17.4. The molecule has 0 aromatic heterocycles. The van der Waals surface area contributed by atoms with Crippen LogP contribution in [0.25, 0.3) is 0 Å². The molecule has 0 saturated carbocycles. The van der Waals surface area contributed by atoms with E-state index in [2.05, 4.69) is 10.5 Å². The lowest BCUT2D eigenvalue weighted by Crippen LogP contribution is -2.24. The zero-order valence-corrected chi connectivity index (χ0v) is 12.7. The van der Waals surface area contributed by atoms with E-state index < -0.39 is 17.4 Å². The van der Waals surface area contributed by atoms with Gasteiger partial charge in [0.2, 0.25) is 0 Å². The van der Waals surface area contributed by atoms with Gasteiger partial charge in [-0.05, 0) is 24.3 Å². The van der Waals surface area contributed by atoms with Crippen molar-refractivity contribution in [1.82, 2.24) is 5.43 Å². The number of carbonyl (C=O) groups is 1. The first-order chi connectivity index (χ1) is 12.0. The average Bonchev–Trinajstić information content (AvgIpc) is 2.60. The van der Waals surface area contributed by atoms with E-state index >= 15 is 0 Å². The van der Waals surface area contributed by atoms with E-state index in [0.717, 1.165) is 18.3 Å². The molecule has 0 saturated heterocycles. The number of para-hydroxylation sites is 1. The number of carbonyl (C=O) groups excluding carboxylic acids is 1. The van der Waals surface area contributed by atoms with Crippen LogP contribution in [0, 0.1) is 21.4 Å². The Morgan fingerprint density at radius 1 is 1.40 bits per heavy atom. The third kappa shape index (κ3) is 4.77. The molecule has 2 aromatic rings. The van der Waals surface area contributed by atoms with Gasteiger partial charge in [-0.1, -0.05) is 12.1 Å². The summed E-state index contributed by atoms with van der Waals surface area (Å²) in [4.78, 5) is 21.9. The Balaban J connectivity index is 1.96. The molecule has 0 atom stereocenters. The molecule has 0 aliphatic heterocycles. The van der Waals surface area contributed by atoms with Crippen molar-refractivity contribution >= 4 is 17.8 Å². The average molecular weight is 340 g/mol. The Hall–Kier alpha value is -3.93. The molecule has 0 aliphatic rings. The van der Waals surface area contributed by atoms with Gasteiger partial charge in [-0.3, -0.25) is 14.9 Å². The summed E-state index contributed by atoms with van der Waals surface area (Å²) in [5, 5.41) is 32.8. The highest BCUT2D eigenvalue weighted by Gasteiger charge is 2.12. The van der Waals surface area contributed by atoms with E-state index in [0.29, 0.717) is 0 Å². The Kier molecular flexibility index (Phi) is 5.63. The highest BCUT2D eigenvalue weighted by atomic mass is 16.6. The minimum atomic E-state index is -0.634. The van der Waals surface area contributed by atoms with Crippen molar-refractivity contribution in [1.29, 1.82) is 5.26 Å². The third-order valence-electron chi connectivity index (χ3n) is 2.97. The Bertz CT molecular complexity index is 873. The summed E-state index contributed by atoms with van der Waals surface area (Å²) < 4.78 is 5.22. The van der Waals surface area contributed by atoms with Crippen molar-refractivity contribution < 1.29 is 19.6 Å². The molecule has 0 radical (unpaired) electrons. The van der Waals surface area contributed by atoms with Crippen LogP contribution in [-0.4, -0.2) is 28.8 Å². The molecule has 9 nitrogen and oxygen atoms in total. The van der Waals surface area contributed by atoms with Crippen LogP contribution in [0.15, 0.2) is 47.6 Å². The summed E-state index contributed by atoms with van der Waals surface area (Å²) in [7, 11) is 0.